The van der Waals surface area contributed by atoms with Crippen molar-refractivity contribution in [2.45, 2.75) is 62.3 Å². The molecule has 0 bridgehead atoms. The molecule has 5 aliphatic rings. The van der Waals surface area contributed by atoms with Gasteiger partial charge < -0.3 is 19.9 Å². The Hall–Kier alpha value is -2.43. The first kappa shape index (κ1) is 22.1. The summed E-state index contributed by atoms with van der Waals surface area (Å²) >= 11 is 0. The maximum atomic E-state index is 13.3. The van der Waals surface area contributed by atoms with Crippen molar-refractivity contribution in [3.63, 3.8) is 0 Å². The average molecular weight is 480 g/mol. The van der Waals surface area contributed by atoms with Crippen LogP contribution in [-0.2, 0) is 21.4 Å². The molecular weight excluding hydrogens is 451 g/mol. The monoisotopic (exact) mass is 479 g/mol. The topological polar surface area (TPSA) is 87.7 Å². The lowest BCUT2D eigenvalue weighted by atomic mass is 9.57. The average Bonchev–Trinajstić information content (AvgIpc) is 3.56. The molecule has 5 fully saturated rings. The van der Waals surface area contributed by atoms with Gasteiger partial charge in [0.15, 0.2) is 0 Å². The summed E-state index contributed by atoms with van der Waals surface area (Å²) in [5, 5.41) is 2.92. The number of hydrogen-bond donors (Lipinski definition) is 1. The zero-order chi connectivity index (χ0) is 23.7. The van der Waals surface area contributed by atoms with E-state index in [2.05, 4.69) is 15.3 Å². The van der Waals surface area contributed by atoms with Crippen LogP contribution >= 0.6 is 0 Å². The van der Waals surface area contributed by atoms with Gasteiger partial charge in [0.05, 0.1) is 17.6 Å². The van der Waals surface area contributed by atoms with Crippen LogP contribution in [0, 0.1) is 11.3 Å². The van der Waals surface area contributed by atoms with Gasteiger partial charge in [-0.05, 0) is 38.0 Å². The summed E-state index contributed by atoms with van der Waals surface area (Å²) in [5.41, 5.74) is -1.42. The first-order chi connectivity index (χ1) is 16.2. The Morgan fingerprint density at radius 3 is 2.53 bits per heavy atom. The van der Waals surface area contributed by atoms with Gasteiger partial charge in [0, 0.05) is 56.0 Å². The van der Waals surface area contributed by atoms with Gasteiger partial charge in [0.25, 0.3) is 0 Å². The highest BCUT2D eigenvalue weighted by molar-refractivity contribution is 5.79. The van der Waals surface area contributed by atoms with Crippen molar-refractivity contribution in [3.8, 4) is 0 Å². The van der Waals surface area contributed by atoms with E-state index in [4.69, 9.17) is 4.74 Å². The van der Waals surface area contributed by atoms with E-state index in [1.807, 2.05) is 9.80 Å². The fourth-order valence-electron chi connectivity index (χ4n) is 6.37. The maximum Gasteiger partial charge on any atom is 0.398 e. The molecule has 1 aromatic rings. The Morgan fingerprint density at radius 2 is 1.88 bits per heavy atom. The minimum Gasteiger partial charge on any atom is -0.366 e. The normalized spacial score (nSPS) is 29.7. The van der Waals surface area contributed by atoms with Crippen LogP contribution in [0.1, 0.15) is 43.5 Å². The number of carbonyl (C=O) groups excluding carboxylic acids is 2. The van der Waals surface area contributed by atoms with E-state index in [1.54, 1.807) is 0 Å². The molecule has 11 heteroatoms. The number of aromatic nitrogens is 2. The molecule has 3 aliphatic heterocycles. The Morgan fingerprint density at radius 1 is 1.18 bits per heavy atom. The van der Waals surface area contributed by atoms with Crippen LogP contribution in [0.3, 0.4) is 0 Å². The van der Waals surface area contributed by atoms with Crippen LogP contribution in [0.15, 0.2) is 12.4 Å². The third kappa shape index (κ3) is 3.63. The lowest BCUT2D eigenvalue weighted by molar-refractivity contribution is -0.160. The van der Waals surface area contributed by atoms with Crippen LogP contribution in [0.4, 0.5) is 18.0 Å². The van der Waals surface area contributed by atoms with Gasteiger partial charge >= 0.3 is 12.2 Å². The van der Waals surface area contributed by atoms with Crippen LogP contribution in [0.2, 0.25) is 0 Å². The number of urea groups is 1. The number of amides is 3. The lowest BCUT2D eigenvalue weighted by Crippen LogP contribution is -2.68. The van der Waals surface area contributed by atoms with Gasteiger partial charge in [-0.3, -0.25) is 4.79 Å². The number of ether oxygens (including phenoxy) is 1. The second kappa shape index (κ2) is 7.53. The number of nitrogens with one attached hydrogen (secondary N) is 1. The molecule has 4 heterocycles. The summed E-state index contributed by atoms with van der Waals surface area (Å²) in [6.07, 6.45) is 1.99. The Bertz CT molecular complexity index is 983. The van der Waals surface area contributed by atoms with E-state index >= 15 is 0 Å². The summed E-state index contributed by atoms with van der Waals surface area (Å²) in [6.45, 7) is 2.65. The molecule has 2 atom stereocenters. The van der Waals surface area contributed by atoms with E-state index in [9.17, 15) is 22.8 Å². The Kier molecular flexibility index (Phi) is 4.89. The molecule has 2 saturated carbocycles. The highest BCUT2D eigenvalue weighted by atomic mass is 19.4. The second-order valence-corrected chi connectivity index (χ2v) is 10.8. The minimum absolute atomic E-state index is 0.0172. The fraction of sp³-hybridized carbons (Fsp3) is 0.739. The lowest BCUT2D eigenvalue weighted by Gasteiger charge is -2.60. The van der Waals surface area contributed by atoms with E-state index in [1.165, 1.54) is 12.4 Å². The van der Waals surface area contributed by atoms with Crippen LogP contribution in [0.5, 0.6) is 0 Å². The third-order valence-corrected chi connectivity index (χ3v) is 8.38. The summed E-state index contributed by atoms with van der Waals surface area (Å²) < 4.78 is 45.4. The van der Waals surface area contributed by atoms with E-state index < -0.39 is 11.6 Å². The number of hydrogen-bond acceptors (Lipinski definition) is 5. The molecule has 2 aliphatic carbocycles. The van der Waals surface area contributed by atoms with Gasteiger partial charge in [0.1, 0.15) is 12.4 Å². The Balaban J connectivity index is 0.972. The van der Waals surface area contributed by atoms with Crippen molar-refractivity contribution >= 4 is 11.9 Å². The zero-order valence-corrected chi connectivity index (χ0v) is 18.8. The summed E-state index contributed by atoms with van der Waals surface area (Å²) in [5.74, 6) is 0.851. The predicted octanol–water partition coefficient (Wildman–Crippen LogP) is 2.03. The van der Waals surface area contributed by atoms with Gasteiger partial charge in [0.2, 0.25) is 5.91 Å². The number of carbonyl (C=O) groups is 2. The predicted molar refractivity (Wildman–Crippen MR) is 113 cm³/mol. The van der Waals surface area contributed by atoms with Gasteiger partial charge in [-0.1, -0.05) is 0 Å². The van der Waals surface area contributed by atoms with E-state index in [0.717, 1.165) is 32.4 Å². The van der Waals surface area contributed by atoms with Gasteiger partial charge in [-0.2, -0.15) is 13.2 Å². The number of halogens is 3. The summed E-state index contributed by atoms with van der Waals surface area (Å²) in [4.78, 5) is 36.7. The third-order valence-electron chi connectivity index (χ3n) is 8.38. The molecule has 34 heavy (non-hydrogen) atoms. The smallest absolute Gasteiger partial charge is 0.366 e. The van der Waals surface area contributed by atoms with Crippen molar-refractivity contribution < 1.29 is 27.5 Å². The van der Waals surface area contributed by atoms with Crippen molar-refractivity contribution in [2.24, 2.45) is 11.3 Å². The largest absolute Gasteiger partial charge is 0.398 e. The minimum atomic E-state index is -4.25. The second-order valence-electron chi connectivity index (χ2n) is 10.8. The molecule has 0 aromatic carbocycles. The maximum absolute atomic E-state index is 13.3. The van der Waals surface area contributed by atoms with Crippen molar-refractivity contribution in [1.82, 2.24) is 25.1 Å². The number of rotatable bonds is 3. The highest BCUT2D eigenvalue weighted by Crippen LogP contribution is 2.58. The molecule has 0 unspecified atom stereocenters. The zero-order valence-electron chi connectivity index (χ0n) is 18.8. The van der Waals surface area contributed by atoms with Crippen molar-refractivity contribution in [3.05, 3.63) is 23.8 Å². The first-order valence-corrected chi connectivity index (χ1v) is 12.0. The molecule has 6 rings (SSSR count). The van der Waals surface area contributed by atoms with E-state index in [-0.39, 0.29) is 54.5 Å². The molecular formula is C23H28F3N5O3. The molecule has 184 valence electrons. The SMILES string of the molecule is O=C1CO[C@H]2CCN(C(=O)N3CC4(CC(Cc5ncc(C6(C(F)(F)F)CC6)cn5)C4)C3)C[C@H]2N1. The van der Waals surface area contributed by atoms with Crippen molar-refractivity contribution in [2.75, 3.05) is 32.8 Å². The first-order valence-electron chi connectivity index (χ1n) is 12.0. The number of likely N-dealkylation sites (tertiary alicyclic amines) is 2. The molecule has 0 radical (unpaired) electrons. The van der Waals surface area contributed by atoms with Crippen LogP contribution in [-0.4, -0.2) is 82.8 Å². The van der Waals surface area contributed by atoms with Crippen molar-refractivity contribution in [1.29, 1.82) is 0 Å². The molecule has 1 spiro atoms. The molecule has 3 saturated heterocycles. The Labute approximate surface area is 195 Å². The number of piperidine rings is 1. The number of fused-ring (bicyclic) bond motifs is 1. The van der Waals surface area contributed by atoms with Crippen LogP contribution in [0.25, 0.3) is 0 Å². The molecule has 1 aromatic heterocycles. The number of morpholine rings is 1. The quantitative estimate of drug-likeness (QED) is 0.717. The molecule has 1 N–H and O–H groups in total. The summed E-state index contributed by atoms with van der Waals surface area (Å²) in [7, 11) is 0. The van der Waals surface area contributed by atoms with E-state index in [0.29, 0.717) is 31.3 Å². The molecule has 3 amide bonds. The van der Waals surface area contributed by atoms with Crippen LogP contribution < -0.4 is 5.32 Å². The standard InChI is InChI=1S/C23H28F3N5O3/c24-23(25,26)22(2-3-22)15-8-27-18(28-9-15)5-14-6-21(7-14)12-31(13-21)20(33)30-4-1-17-16(10-30)29-19(32)11-34-17/h8-9,14,16-17H,1-7,10-13H2,(H,29,32)/t16-,17+/m1/s1. The van der Waals surface area contributed by atoms with Gasteiger partial charge in [-0.15, -0.1) is 0 Å². The van der Waals surface area contributed by atoms with Gasteiger partial charge in [-0.25, -0.2) is 14.8 Å². The molecule has 8 nitrogen and oxygen atoms in total. The summed E-state index contributed by atoms with van der Waals surface area (Å²) in [6, 6.07) is -0.121. The fourth-order valence-corrected chi connectivity index (χ4v) is 6.37. The number of nitrogens with zero attached hydrogens (tertiary/aromatic N) is 4. The highest BCUT2D eigenvalue weighted by Gasteiger charge is 2.64. The number of alkyl halides is 3.